The molecule has 0 spiro atoms. The summed E-state index contributed by atoms with van der Waals surface area (Å²) >= 11 is 7.80. The maximum absolute atomic E-state index is 10.7. The molecule has 0 fully saturated rings. The zero-order chi connectivity index (χ0) is 17.6. The molecule has 0 atom stereocenters. The molecule has 0 amide bonds. The Morgan fingerprint density at radius 1 is 1.20 bits per heavy atom. The molecule has 0 unspecified atom stereocenters. The smallest absolute Gasteiger partial charge is 0.303 e. The minimum absolute atomic E-state index is 0.136. The van der Waals surface area contributed by atoms with Gasteiger partial charge >= 0.3 is 5.97 Å². The lowest BCUT2D eigenvalue weighted by Crippen LogP contribution is -2.01. The first kappa shape index (κ1) is 17.5. The van der Waals surface area contributed by atoms with Crippen LogP contribution in [0.5, 0.6) is 0 Å². The van der Waals surface area contributed by atoms with Gasteiger partial charge in [-0.1, -0.05) is 41.9 Å². The van der Waals surface area contributed by atoms with Crippen LogP contribution in [0, 0.1) is 0 Å². The molecule has 2 aromatic carbocycles. The number of carboxylic acid groups (broad SMARTS) is 1. The molecule has 25 heavy (non-hydrogen) atoms. The number of rotatable bonds is 7. The average Bonchev–Trinajstić information content (AvgIpc) is 3.08. The lowest BCUT2D eigenvalue weighted by atomic mass is 10.1. The quantitative estimate of drug-likeness (QED) is 0.606. The van der Waals surface area contributed by atoms with Crippen molar-refractivity contribution < 1.29 is 9.90 Å². The number of thiazole rings is 1. The minimum Gasteiger partial charge on any atom is -0.481 e. The topological polar surface area (TPSA) is 62.2 Å². The number of hydrogen-bond donors (Lipinski definition) is 2. The number of anilines is 1. The zero-order valence-corrected chi connectivity index (χ0v) is 15.0. The standard InChI is InChI=1S/C19H17ClN2O2S/c20-16-7-2-1-6-15(16)17-12-25-18(22-17)11-21-14-5-3-4-13(10-14)8-9-19(23)24/h1-7,10,12,21H,8-9,11H2,(H,23,24). The Labute approximate surface area is 155 Å². The zero-order valence-electron chi connectivity index (χ0n) is 13.4. The van der Waals surface area contributed by atoms with E-state index < -0.39 is 5.97 Å². The molecule has 4 nitrogen and oxygen atoms in total. The monoisotopic (exact) mass is 372 g/mol. The predicted octanol–water partition coefficient (Wildman–Crippen LogP) is 5.09. The summed E-state index contributed by atoms with van der Waals surface area (Å²) in [4.78, 5) is 15.3. The first-order valence-electron chi connectivity index (χ1n) is 7.86. The Hall–Kier alpha value is -2.37. The normalized spacial score (nSPS) is 10.6. The van der Waals surface area contributed by atoms with Gasteiger partial charge in [-0.15, -0.1) is 11.3 Å². The SMILES string of the molecule is O=C(O)CCc1cccc(NCc2nc(-c3ccccc3Cl)cs2)c1. The largest absolute Gasteiger partial charge is 0.481 e. The van der Waals surface area contributed by atoms with E-state index in [-0.39, 0.29) is 6.42 Å². The summed E-state index contributed by atoms with van der Waals surface area (Å²) in [6.45, 7) is 0.609. The highest BCUT2D eigenvalue weighted by Crippen LogP contribution is 2.28. The number of benzene rings is 2. The third-order valence-electron chi connectivity index (χ3n) is 3.70. The van der Waals surface area contributed by atoms with Gasteiger partial charge in [0.2, 0.25) is 0 Å². The molecule has 0 aliphatic rings. The second kappa shape index (κ2) is 8.14. The van der Waals surface area contributed by atoms with Crippen molar-refractivity contribution >= 4 is 34.6 Å². The molecule has 3 aromatic rings. The molecule has 0 bridgehead atoms. The van der Waals surface area contributed by atoms with Crippen LogP contribution in [-0.4, -0.2) is 16.1 Å². The third kappa shape index (κ3) is 4.81. The highest BCUT2D eigenvalue weighted by molar-refractivity contribution is 7.10. The number of aromatic nitrogens is 1. The molecule has 2 N–H and O–H groups in total. The van der Waals surface area contributed by atoms with E-state index in [9.17, 15) is 4.79 Å². The molecule has 0 aliphatic carbocycles. The summed E-state index contributed by atoms with van der Waals surface area (Å²) < 4.78 is 0. The lowest BCUT2D eigenvalue weighted by Gasteiger charge is -2.06. The van der Waals surface area contributed by atoms with E-state index in [1.165, 1.54) is 0 Å². The van der Waals surface area contributed by atoms with Gasteiger partial charge in [0, 0.05) is 28.1 Å². The molecule has 0 saturated heterocycles. The molecular formula is C19H17ClN2O2S. The van der Waals surface area contributed by atoms with Gasteiger partial charge in [-0.2, -0.15) is 0 Å². The summed E-state index contributed by atoms with van der Waals surface area (Å²) in [5, 5.41) is 15.8. The fourth-order valence-electron chi connectivity index (χ4n) is 2.45. The highest BCUT2D eigenvalue weighted by atomic mass is 35.5. The predicted molar refractivity (Wildman–Crippen MR) is 102 cm³/mol. The number of nitrogens with one attached hydrogen (secondary N) is 1. The highest BCUT2D eigenvalue weighted by Gasteiger charge is 2.08. The fourth-order valence-corrected chi connectivity index (χ4v) is 3.42. The van der Waals surface area contributed by atoms with Crippen molar-refractivity contribution in [3.63, 3.8) is 0 Å². The summed E-state index contributed by atoms with van der Waals surface area (Å²) in [6.07, 6.45) is 0.663. The maximum Gasteiger partial charge on any atom is 0.303 e. The summed E-state index contributed by atoms with van der Waals surface area (Å²) in [5.74, 6) is -0.784. The molecule has 0 radical (unpaired) electrons. The van der Waals surface area contributed by atoms with Crippen molar-refractivity contribution in [2.24, 2.45) is 0 Å². The van der Waals surface area contributed by atoms with Crippen molar-refractivity contribution in [2.45, 2.75) is 19.4 Å². The van der Waals surface area contributed by atoms with Crippen LogP contribution in [0.25, 0.3) is 11.3 Å². The third-order valence-corrected chi connectivity index (χ3v) is 4.88. The van der Waals surface area contributed by atoms with Crippen LogP contribution < -0.4 is 5.32 Å². The summed E-state index contributed by atoms with van der Waals surface area (Å²) in [6, 6.07) is 15.5. The van der Waals surface area contributed by atoms with E-state index in [1.807, 2.05) is 53.9 Å². The van der Waals surface area contributed by atoms with E-state index in [1.54, 1.807) is 11.3 Å². The number of aryl methyl sites for hydroxylation is 1. The maximum atomic E-state index is 10.7. The number of carbonyl (C=O) groups is 1. The van der Waals surface area contributed by atoms with Crippen molar-refractivity contribution in [3.05, 3.63) is 69.5 Å². The Morgan fingerprint density at radius 2 is 2.04 bits per heavy atom. The Kier molecular flexibility index (Phi) is 5.68. The van der Waals surface area contributed by atoms with Gasteiger partial charge in [-0.25, -0.2) is 4.98 Å². The molecule has 0 saturated carbocycles. The van der Waals surface area contributed by atoms with E-state index >= 15 is 0 Å². The van der Waals surface area contributed by atoms with E-state index in [0.717, 1.165) is 27.5 Å². The van der Waals surface area contributed by atoms with Crippen LogP contribution in [-0.2, 0) is 17.8 Å². The van der Waals surface area contributed by atoms with Crippen LogP contribution in [0.2, 0.25) is 5.02 Å². The van der Waals surface area contributed by atoms with Gasteiger partial charge in [0.25, 0.3) is 0 Å². The number of nitrogens with zero attached hydrogens (tertiary/aromatic N) is 1. The van der Waals surface area contributed by atoms with E-state index in [4.69, 9.17) is 16.7 Å². The Morgan fingerprint density at radius 3 is 2.84 bits per heavy atom. The molecule has 6 heteroatoms. The first-order valence-corrected chi connectivity index (χ1v) is 9.11. The van der Waals surface area contributed by atoms with Crippen molar-refractivity contribution in [1.29, 1.82) is 0 Å². The molecule has 1 heterocycles. The van der Waals surface area contributed by atoms with Gasteiger partial charge in [0.1, 0.15) is 5.01 Å². The van der Waals surface area contributed by atoms with Gasteiger partial charge in [0.15, 0.2) is 0 Å². The molecule has 0 aliphatic heterocycles. The number of halogens is 1. The second-order valence-corrected chi connectivity index (χ2v) is 6.90. The van der Waals surface area contributed by atoms with Crippen LogP contribution in [0.15, 0.2) is 53.9 Å². The van der Waals surface area contributed by atoms with Crippen LogP contribution >= 0.6 is 22.9 Å². The molecular weight excluding hydrogens is 356 g/mol. The first-order chi connectivity index (χ1) is 12.1. The Balaban J connectivity index is 1.64. The van der Waals surface area contributed by atoms with Crippen LogP contribution in [0.1, 0.15) is 17.0 Å². The molecule has 128 valence electrons. The van der Waals surface area contributed by atoms with E-state index in [0.29, 0.717) is 18.0 Å². The minimum atomic E-state index is -0.784. The van der Waals surface area contributed by atoms with Crippen molar-refractivity contribution in [2.75, 3.05) is 5.32 Å². The number of aliphatic carboxylic acids is 1. The number of hydrogen-bond acceptors (Lipinski definition) is 4. The summed E-state index contributed by atoms with van der Waals surface area (Å²) in [5.41, 5.74) is 3.77. The lowest BCUT2D eigenvalue weighted by molar-refractivity contribution is -0.136. The van der Waals surface area contributed by atoms with Crippen LogP contribution in [0.4, 0.5) is 5.69 Å². The molecule has 3 rings (SSSR count). The summed E-state index contributed by atoms with van der Waals surface area (Å²) in [7, 11) is 0. The van der Waals surface area contributed by atoms with Gasteiger partial charge in [-0.05, 0) is 30.2 Å². The average molecular weight is 373 g/mol. The second-order valence-electron chi connectivity index (χ2n) is 5.55. The van der Waals surface area contributed by atoms with E-state index in [2.05, 4.69) is 10.3 Å². The molecule has 1 aromatic heterocycles. The van der Waals surface area contributed by atoms with Gasteiger partial charge in [-0.3, -0.25) is 4.79 Å². The van der Waals surface area contributed by atoms with Crippen molar-refractivity contribution in [1.82, 2.24) is 4.98 Å². The van der Waals surface area contributed by atoms with Gasteiger partial charge < -0.3 is 10.4 Å². The van der Waals surface area contributed by atoms with Crippen LogP contribution in [0.3, 0.4) is 0 Å². The van der Waals surface area contributed by atoms with Crippen molar-refractivity contribution in [3.8, 4) is 11.3 Å². The Bertz CT molecular complexity index is 879. The number of carboxylic acids is 1. The fraction of sp³-hybridized carbons (Fsp3) is 0.158. The van der Waals surface area contributed by atoms with Gasteiger partial charge in [0.05, 0.1) is 12.2 Å².